The van der Waals surface area contributed by atoms with E-state index >= 15 is 0 Å². The largest absolute Gasteiger partial charge is 0.438 e. The fraction of sp³-hybridized carbons (Fsp3) is 0.300. The third kappa shape index (κ3) is 3.57. The summed E-state index contributed by atoms with van der Waals surface area (Å²) in [5, 5.41) is 14.0. The van der Waals surface area contributed by atoms with Gasteiger partial charge >= 0.3 is 0 Å². The predicted molar refractivity (Wildman–Crippen MR) is 105 cm³/mol. The van der Waals surface area contributed by atoms with Crippen molar-refractivity contribution in [3.05, 3.63) is 46.4 Å². The lowest BCUT2D eigenvalue weighted by molar-refractivity contribution is 0.184. The number of benzene rings is 1. The number of nitrogens with zero attached hydrogens (tertiary/aromatic N) is 5. The number of hydrogen-bond donors (Lipinski definition) is 0. The van der Waals surface area contributed by atoms with E-state index in [-0.39, 0.29) is 11.3 Å². The molecule has 0 bridgehead atoms. The summed E-state index contributed by atoms with van der Waals surface area (Å²) in [5.41, 5.74) is 3.28. The first-order valence-corrected chi connectivity index (χ1v) is 9.28. The zero-order valence-electron chi connectivity index (χ0n) is 15.5. The number of fused-ring (bicyclic) bond motifs is 1. The van der Waals surface area contributed by atoms with Gasteiger partial charge in [-0.3, -0.25) is 4.68 Å². The second kappa shape index (κ2) is 7.58. The highest BCUT2D eigenvalue weighted by molar-refractivity contribution is 6.28. The third-order valence-electron chi connectivity index (χ3n) is 4.65. The van der Waals surface area contributed by atoms with E-state index in [1.54, 1.807) is 6.08 Å². The van der Waals surface area contributed by atoms with Gasteiger partial charge in [0.05, 0.1) is 18.7 Å². The molecular weight excluding hydrogens is 378 g/mol. The third-order valence-corrected chi connectivity index (χ3v) is 4.82. The molecule has 1 aliphatic heterocycles. The molecule has 2 aromatic heterocycles. The summed E-state index contributed by atoms with van der Waals surface area (Å²) in [7, 11) is 0. The van der Waals surface area contributed by atoms with Gasteiger partial charge in [0.1, 0.15) is 11.1 Å². The van der Waals surface area contributed by atoms with Crippen LogP contribution in [0.3, 0.4) is 0 Å². The Morgan fingerprint density at radius 2 is 2.11 bits per heavy atom. The zero-order chi connectivity index (χ0) is 19.7. The van der Waals surface area contributed by atoms with E-state index in [0.29, 0.717) is 29.3 Å². The molecule has 1 atom stereocenters. The number of aromatic nitrogens is 4. The number of ether oxygens (including phenoxy) is 2. The van der Waals surface area contributed by atoms with Gasteiger partial charge in [0.2, 0.25) is 11.2 Å². The van der Waals surface area contributed by atoms with Crippen molar-refractivity contribution in [2.24, 2.45) is 0 Å². The number of rotatable bonds is 4. The number of halogens is 1. The van der Waals surface area contributed by atoms with Gasteiger partial charge in [-0.05, 0) is 66.8 Å². The van der Waals surface area contributed by atoms with Crippen molar-refractivity contribution >= 4 is 28.7 Å². The average molecular weight is 396 g/mol. The van der Waals surface area contributed by atoms with Gasteiger partial charge in [0.15, 0.2) is 5.65 Å². The molecule has 0 saturated carbocycles. The van der Waals surface area contributed by atoms with Crippen LogP contribution in [0.15, 0.2) is 24.4 Å². The van der Waals surface area contributed by atoms with Crippen molar-refractivity contribution in [1.29, 1.82) is 5.26 Å². The molecule has 8 heteroatoms. The monoisotopic (exact) mass is 395 g/mol. The molecule has 0 spiro atoms. The minimum atomic E-state index is 0.0827. The number of aryl methyl sites for hydroxylation is 2. The average Bonchev–Trinajstić information content (AvgIpc) is 3.32. The molecule has 142 valence electrons. The number of nitriles is 1. The van der Waals surface area contributed by atoms with Crippen molar-refractivity contribution in [2.75, 3.05) is 13.2 Å². The Kier molecular flexibility index (Phi) is 4.99. The molecule has 7 nitrogen and oxygen atoms in total. The van der Waals surface area contributed by atoms with Crippen molar-refractivity contribution in [3.63, 3.8) is 0 Å². The summed E-state index contributed by atoms with van der Waals surface area (Å²) < 4.78 is 13.5. The lowest BCUT2D eigenvalue weighted by atomic mass is 10.1. The van der Waals surface area contributed by atoms with Crippen LogP contribution in [-0.2, 0) is 4.74 Å². The van der Waals surface area contributed by atoms with Crippen LogP contribution in [0.1, 0.15) is 29.2 Å². The first-order chi connectivity index (χ1) is 13.5. The Hall–Kier alpha value is -2.95. The molecule has 0 radical (unpaired) electrons. The van der Waals surface area contributed by atoms with Gasteiger partial charge in [-0.15, -0.1) is 0 Å². The summed E-state index contributed by atoms with van der Waals surface area (Å²) in [5.74, 6) is 1.06. The Labute approximate surface area is 167 Å². The molecule has 0 N–H and O–H groups in total. The molecule has 1 aliphatic rings. The SMILES string of the molecule is Cc1cc(/C=C/C#N)cc(C)c1Oc1nc(Cl)nc2nn([C@H]3CCOC3)cc12. The van der Waals surface area contributed by atoms with Crippen LogP contribution in [0.4, 0.5) is 0 Å². The fourth-order valence-electron chi connectivity index (χ4n) is 3.34. The first kappa shape index (κ1) is 18.4. The summed E-state index contributed by atoms with van der Waals surface area (Å²) >= 11 is 6.11. The lowest BCUT2D eigenvalue weighted by Gasteiger charge is -2.12. The van der Waals surface area contributed by atoms with E-state index in [9.17, 15) is 0 Å². The maximum Gasteiger partial charge on any atom is 0.234 e. The van der Waals surface area contributed by atoms with Crippen LogP contribution < -0.4 is 4.74 Å². The van der Waals surface area contributed by atoms with E-state index in [4.69, 9.17) is 26.3 Å². The van der Waals surface area contributed by atoms with Crippen LogP contribution in [-0.4, -0.2) is 33.0 Å². The Balaban J connectivity index is 1.73. The second-order valence-electron chi connectivity index (χ2n) is 6.71. The molecule has 0 unspecified atom stereocenters. The van der Waals surface area contributed by atoms with Crippen molar-refractivity contribution in [3.8, 4) is 17.7 Å². The highest BCUT2D eigenvalue weighted by Crippen LogP contribution is 2.34. The Morgan fingerprint density at radius 1 is 1.32 bits per heavy atom. The standard InChI is InChI=1S/C20H18ClN5O2/c1-12-8-14(4-3-6-22)9-13(2)17(12)28-19-16-10-26(15-5-7-27-11-15)25-18(16)23-20(21)24-19/h3-4,8-10,15H,5,7,11H2,1-2H3/b4-3+/t15-/m0/s1. The van der Waals surface area contributed by atoms with E-state index in [1.807, 2.05) is 42.9 Å². The van der Waals surface area contributed by atoms with E-state index in [1.165, 1.54) is 6.08 Å². The first-order valence-electron chi connectivity index (χ1n) is 8.90. The maximum atomic E-state index is 8.72. The van der Waals surface area contributed by atoms with Crippen LogP contribution in [0.25, 0.3) is 17.1 Å². The molecule has 28 heavy (non-hydrogen) atoms. The maximum absolute atomic E-state index is 8.72. The van der Waals surface area contributed by atoms with Crippen molar-refractivity contribution in [1.82, 2.24) is 19.7 Å². The topological polar surface area (TPSA) is 85.9 Å². The smallest absolute Gasteiger partial charge is 0.234 e. The molecule has 1 aromatic carbocycles. The molecule has 1 fully saturated rings. The van der Waals surface area contributed by atoms with Gasteiger partial charge in [-0.1, -0.05) is 0 Å². The summed E-state index contributed by atoms with van der Waals surface area (Å²) in [6.07, 6.45) is 6.00. The normalized spacial score (nSPS) is 16.7. The molecule has 3 heterocycles. The highest BCUT2D eigenvalue weighted by atomic mass is 35.5. The number of allylic oxidation sites excluding steroid dienone is 1. The van der Waals surface area contributed by atoms with E-state index in [0.717, 1.165) is 29.7 Å². The Morgan fingerprint density at radius 3 is 2.79 bits per heavy atom. The van der Waals surface area contributed by atoms with Crippen molar-refractivity contribution < 1.29 is 9.47 Å². The van der Waals surface area contributed by atoms with Crippen LogP contribution in [0.2, 0.25) is 5.28 Å². The summed E-state index contributed by atoms with van der Waals surface area (Å²) in [6.45, 7) is 5.25. The molecular formula is C20H18ClN5O2. The molecule has 0 amide bonds. The van der Waals surface area contributed by atoms with Gasteiger partial charge in [-0.2, -0.15) is 20.3 Å². The van der Waals surface area contributed by atoms with Gasteiger partial charge in [0, 0.05) is 18.9 Å². The predicted octanol–water partition coefficient (Wildman–Crippen LogP) is 4.39. The molecule has 4 rings (SSSR count). The summed E-state index contributed by atoms with van der Waals surface area (Å²) in [6, 6.07) is 6.08. The van der Waals surface area contributed by atoms with Gasteiger partial charge in [0.25, 0.3) is 0 Å². The number of hydrogen-bond acceptors (Lipinski definition) is 6. The van der Waals surface area contributed by atoms with E-state index < -0.39 is 0 Å². The Bertz CT molecular complexity index is 1090. The highest BCUT2D eigenvalue weighted by Gasteiger charge is 2.22. The lowest BCUT2D eigenvalue weighted by Crippen LogP contribution is -2.08. The molecule has 3 aromatic rings. The fourth-order valence-corrected chi connectivity index (χ4v) is 3.50. The quantitative estimate of drug-likeness (QED) is 0.481. The van der Waals surface area contributed by atoms with Crippen molar-refractivity contribution in [2.45, 2.75) is 26.3 Å². The van der Waals surface area contributed by atoms with Crippen LogP contribution >= 0.6 is 11.6 Å². The van der Waals surface area contributed by atoms with E-state index in [2.05, 4.69) is 15.1 Å². The second-order valence-corrected chi connectivity index (χ2v) is 7.05. The van der Waals surface area contributed by atoms with Gasteiger partial charge < -0.3 is 9.47 Å². The van der Waals surface area contributed by atoms with Crippen LogP contribution in [0.5, 0.6) is 11.6 Å². The van der Waals surface area contributed by atoms with Gasteiger partial charge in [-0.25, -0.2) is 0 Å². The minimum absolute atomic E-state index is 0.0827. The zero-order valence-corrected chi connectivity index (χ0v) is 16.3. The summed E-state index contributed by atoms with van der Waals surface area (Å²) in [4.78, 5) is 8.51. The molecule has 0 aliphatic carbocycles. The van der Waals surface area contributed by atoms with Crippen LogP contribution in [0, 0.1) is 25.2 Å². The molecule has 1 saturated heterocycles. The minimum Gasteiger partial charge on any atom is -0.438 e.